The average molecular weight is 298 g/mol. The molecule has 0 fully saturated rings. The molecule has 7 heteroatoms. The van der Waals surface area contributed by atoms with E-state index in [0.29, 0.717) is 0 Å². The van der Waals surface area contributed by atoms with Crippen LogP contribution in [0.15, 0.2) is 41.7 Å². The van der Waals surface area contributed by atoms with Gasteiger partial charge in [-0.15, -0.1) is 0 Å². The van der Waals surface area contributed by atoms with E-state index in [0.717, 1.165) is 11.1 Å². The number of pyridine rings is 2. The van der Waals surface area contributed by atoms with E-state index in [1.807, 2.05) is 6.92 Å². The zero-order valence-electron chi connectivity index (χ0n) is 10.2. The molecular formula is C12H12ClN3O2S. The molecule has 2 aromatic heterocycles. The largest absolute Gasteiger partial charge is 0.264 e. The highest BCUT2D eigenvalue weighted by Gasteiger charge is 2.14. The zero-order chi connectivity index (χ0) is 13.9. The monoisotopic (exact) mass is 297 g/mol. The normalized spacial score (nSPS) is 11.5. The van der Waals surface area contributed by atoms with Gasteiger partial charge in [-0.2, -0.15) is 0 Å². The van der Waals surface area contributed by atoms with E-state index < -0.39 is 10.0 Å². The summed E-state index contributed by atoms with van der Waals surface area (Å²) in [4.78, 5) is 7.80. The van der Waals surface area contributed by atoms with Crippen molar-refractivity contribution < 1.29 is 8.42 Å². The Kier molecular flexibility index (Phi) is 4.14. The first-order chi connectivity index (χ1) is 8.99. The number of aromatic nitrogens is 2. The number of hydrogen-bond acceptors (Lipinski definition) is 4. The summed E-state index contributed by atoms with van der Waals surface area (Å²) >= 11 is 5.68. The lowest BCUT2D eigenvalue weighted by atomic mass is 10.2. The van der Waals surface area contributed by atoms with Gasteiger partial charge in [0.05, 0.1) is 4.90 Å². The molecule has 19 heavy (non-hydrogen) atoms. The number of aryl methyl sites for hydroxylation is 1. The summed E-state index contributed by atoms with van der Waals surface area (Å²) < 4.78 is 26.6. The maximum atomic E-state index is 12.1. The van der Waals surface area contributed by atoms with Crippen molar-refractivity contribution in [3.63, 3.8) is 0 Å². The van der Waals surface area contributed by atoms with Crippen molar-refractivity contribution in [2.75, 3.05) is 0 Å². The second-order valence-electron chi connectivity index (χ2n) is 3.94. The number of nitrogens with zero attached hydrogens (tertiary/aromatic N) is 2. The molecule has 0 radical (unpaired) electrons. The molecule has 0 aromatic carbocycles. The van der Waals surface area contributed by atoms with Crippen LogP contribution in [-0.2, 0) is 16.6 Å². The van der Waals surface area contributed by atoms with Crippen LogP contribution >= 0.6 is 11.6 Å². The van der Waals surface area contributed by atoms with Crippen LogP contribution in [0.2, 0.25) is 5.15 Å². The van der Waals surface area contributed by atoms with Crippen LogP contribution in [0.5, 0.6) is 0 Å². The molecule has 0 unspecified atom stereocenters. The number of sulfonamides is 1. The summed E-state index contributed by atoms with van der Waals surface area (Å²) in [5.74, 6) is 0. The van der Waals surface area contributed by atoms with E-state index in [4.69, 9.17) is 11.6 Å². The van der Waals surface area contributed by atoms with Gasteiger partial charge in [0.2, 0.25) is 10.0 Å². The molecule has 0 aliphatic rings. The molecule has 2 aromatic rings. The summed E-state index contributed by atoms with van der Waals surface area (Å²) in [7, 11) is -3.59. The van der Waals surface area contributed by atoms with Crippen molar-refractivity contribution in [3.8, 4) is 0 Å². The van der Waals surface area contributed by atoms with Crippen LogP contribution < -0.4 is 4.72 Å². The molecule has 0 amide bonds. The van der Waals surface area contributed by atoms with Gasteiger partial charge in [0.1, 0.15) is 5.15 Å². The second kappa shape index (κ2) is 5.64. The third-order valence-electron chi connectivity index (χ3n) is 2.60. The minimum atomic E-state index is -3.59. The van der Waals surface area contributed by atoms with Crippen LogP contribution in [0.25, 0.3) is 0 Å². The molecule has 1 N–H and O–H groups in total. The lowest BCUT2D eigenvalue weighted by Gasteiger charge is -2.08. The fourth-order valence-corrected chi connectivity index (χ4v) is 2.77. The van der Waals surface area contributed by atoms with Crippen molar-refractivity contribution in [2.24, 2.45) is 0 Å². The minimum absolute atomic E-state index is 0.0965. The van der Waals surface area contributed by atoms with Gasteiger partial charge in [0, 0.05) is 25.1 Å². The highest BCUT2D eigenvalue weighted by molar-refractivity contribution is 7.89. The van der Waals surface area contributed by atoms with Crippen LogP contribution in [0.1, 0.15) is 11.1 Å². The maximum absolute atomic E-state index is 12.1. The molecule has 0 aliphatic heterocycles. The molecule has 0 aliphatic carbocycles. The summed E-state index contributed by atoms with van der Waals surface area (Å²) in [6.07, 6.45) is 4.67. The Morgan fingerprint density at radius 3 is 2.79 bits per heavy atom. The number of rotatable bonds is 4. The van der Waals surface area contributed by atoms with Crippen molar-refractivity contribution in [1.29, 1.82) is 0 Å². The van der Waals surface area contributed by atoms with Crippen LogP contribution in [0, 0.1) is 6.92 Å². The van der Waals surface area contributed by atoms with E-state index in [1.165, 1.54) is 18.3 Å². The fraction of sp³-hybridized carbons (Fsp3) is 0.167. The van der Waals surface area contributed by atoms with Crippen molar-refractivity contribution in [1.82, 2.24) is 14.7 Å². The molecule has 5 nitrogen and oxygen atoms in total. The molecule has 0 bridgehead atoms. The summed E-state index contributed by atoms with van der Waals surface area (Å²) in [6.45, 7) is 2.08. The Balaban J connectivity index is 2.17. The first kappa shape index (κ1) is 13.9. The van der Waals surface area contributed by atoms with Crippen LogP contribution in [0.4, 0.5) is 0 Å². The van der Waals surface area contributed by atoms with Gasteiger partial charge in [0.15, 0.2) is 0 Å². The van der Waals surface area contributed by atoms with E-state index in [1.54, 1.807) is 18.5 Å². The summed E-state index contributed by atoms with van der Waals surface area (Å²) in [5.41, 5.74) is 1.80. The number of halogens is 1. The fourth-order valence-electron chi connectivity index (χ4n) is 1.51. The average Bonchev–Trinajstić information content (AvgIpc) is 2.38. The van der Waals surface area contributed by atoms with Gasteiger partial charge in [-0.25, -0.2) is 18.1 Å². The van der Waals surface area contributed by atoms with Gasteiger partial charge in [-0.05, 0) is 36.2 Å². The molecule has 2 heterocycles. The highest BCUT2D eigenvalue weighted by Crippen LogP contribution is 2.13. The Morgan fingerprint density at radius 2 is 2.11 bits per heavy atom. The van der Waals surface area contributed by atoms with Crippen LogP contribution in [-0.4, -0.2) is 18.4 Å². The SMILES string of the molecule is Cc1cnccc1CNS(=O)(=O)c1ccnc(Cl)c1. The molecule has 0 atom stereocenters. The lowest BCUT2D eigenvalue weighted by molar-refractivity contribution is 0.581. The van der Waals surface area contributed by atoms with E-state index in [2.05, 4.69) is 14.7 Å². The van der Waals surface area contributed by atoms with Gasteiger partial charge < -0.3 is 0 Å². The first-order valence-corrected chi connectivity index (χ1v) is 7.36. The van der Waals surface area contributed by atoms with Crippen LogP contribution in [0.3, 0.4) is 0 Å². The van der Waals surface area contributed by atoms with E-state index >= 15 is 0 Å². The van der Waals surface area contributed by atoms with Crippen molar-refractivity contribution in [2.45, 2.75) is 18.4 Å². The third kappa shape index (κ3) is 3.50. The van der Waals surface area contributed by atoms with Gasteiger partial charge in [-0.1, -0.05) is 11.6 Å². The van der Waals surface area contributed by atoms with Crippen molar-refractivity contribution in [3.05, 3.63) is 53.1 Å². The summed E-state index contributed by atoms with van der Waals surface area (Å²) in [6, 6.07) is 4.48. The molecule has 0 saturated carbocycles. The Bertz CT molecular complexity index is 689. The maximum Gasteiger partial charge on any atom is 0.241 e. The molecule has 100 valence electrons. The molecular weight excluding hydrogens is 286 g/mol. The minimum Gasteiger partial charge on any atom is -0.264 e. The molecule has 2 rings (SSSR count). The highest BCUT2D eigenvalue weighted by atomic mass is 35.5. The van der Waals surface area contributed by atoms with Gasteiger partial charge >= 0.3 is 0 Å². The van der Waals surface area contributed by atoms with E-state index in [9.17, 15) is 8.42 Å². The Labute approximate surface area is 116 Å². The van der Waals surface area contributed by atoms with E-state index in [-0.39, 0.29) is 16.6 Å². The van der Waals surface area contributed by atoms with Gasteiger partial charge in [-0.3, -0.25) is 4.98 Å². The number of hydrogen-bond donors (Lipinski definition) is 1. The predicted octanol–water partition coefficient (Wildman–Crippen LogP) is 1.92. The summed E-state index contributed by atoms with van der Waals surface area (Å²) in [5, 5.41) is 0.142. The molecule has 0 spiro atoms. The third-order valence-corrected chi connectivity index (χ3v) is 4.20. The smallest absolute Gasteiger partial charge is 0.241 e. The quantitative estimate of drug-likeness (QED) is 0.875. The predicted molar refractivity (Wildman–Crippen MR) is 72.2 cm³/mol. The second-order valence-corrected chi connectivity index (χ2v) is 6.10. The van der Waals surface area contributed by atoms with Crippen molar-refractivity contribution >= 4 is 21.6 Å². The lowest BCUT2D eigenvalue weighted by Crippen LogP contribution is -2.23. The Morgan fingerprint density at radius 1 is 1.32 bits per heavy atom. The van der Waals surface area contributed by atoms with Gasteiger partial charge in [0.25, 0.3) is 0 Å². The Hall–Kier alpha value is -1.50. The molecule has 0 saturated heterocycles. The number of nitrogens with one attached hydrogen (secondary N) is 1. The first-order valence-electron chi connectivity index (χ1n) is 5.50. The zero-order valence-corrected chi connectivity index (χ0v) is 11.7. The topological polar surface area (TPSA) is 72.0 Å². The standard InChI is InChI=1S/C12H12ClN3O2S/c1-9-7-14-4-2-10(9)8-16-19(17,18)11-3-5-15-12(13)6-11/h2-7,16H,8H2,1H3.